The van der Waals surface area contributed by atoms with Crippen LogP contribution in [0.2, 0.25) is 5.02 Å². The summed E-state index contributed by atoms with van der Waals surface area (Å²) in [6.45, 7) is 2.10. The molecule has 76 valence electrons. The fourth-order valence-corrected chi connectivity index (χ4v) is 1.15. The van der Waals surface area contributed by atoms with Crippen LogP contribution in [-0.2, 0) is 4.74 Å². The molecule has 0 unspecified atom stereocenters. The van der Waals surface area contributed by atoms with E-state index in [9.17, 15) is 9.18 Å². The van der Waals surface area contributed by atoms with E-state index < -0.39 is 5.82 Å². The van der Waals surface area contributed by atoms with Crippen molar-refractivity contribution < 1.29 is 13.9 Å². The van der Waals surface area contributed by atoms with Gasteiger partial charge in [0.05, 0.1) is 5.56 Å². The first kappa shape index (κ1) is 11.1. The zero-order valence-corrected chi connectivity index (χ0v) is 8.47. The van der Waals surface area contributed by atoms with Crippen LogP contribution < -0.4 is 0 Å². The summed E-state index contributed by atoms with van der Waals surface area (Å²) < 4.78 is 18.1. The van der Waals surface area contributed by atoms with Gasteiger partial charge in [-0.15, -0.1) is 0 Å². The second-order valence-electron chi connectivity index (χ2n) is 2.68. The molecule has 0 N–H and O–H groups in total. The number of hydrogen-bond acceptors (Lipinski definition) is 2. The number of ether oxygens (including phenoxy) is 1. The van der Waals surface area contributed by atoms with Crippen molar-refractivity contribution in [3.63, 3.8) is 0 Å². The van der Waals surface area contributed by atoms with Crippen molar-refractivity contribution in [2.75, 3.05) is 13.2 Å². The lowest BCUT2D eigenvalue weighted by Gasteiger charge is -2.02. The first-order valence-corrected chi connectivity index (χ1v) is 4.59. The molecule has 0 atom stereocenters. The predicted molar refractivity (Wildman–Crippen MR) is 52.2 cm³/mol. The molecule has 0 radical (unpaired) electrons. The Balaban J connectivity index is 2.80. The van der Waals surface area contributed by atoms with Crippen molar-refractivity contribution >= 4 is 17.4 Å². The average molecular weight is 217 g/mol. The van der Waals surface area contributed by atoms with E-state index in [4.69, 9.17) is 16.3 Å². The lowest BCUT2D eigenvalue weighted by Crippen LogP contribution is -2.10. The zero-order chi connectivity index (χ0) is 10.6. The highest BCUT2D eigenvalue weighted by atomic mass is 35.5. The summed E-state index contributed by atoms with van der Waals surface area (Å²) in [5.74, 6) is -0.983. The van der Waals surface area contributed by atoms with Crippen molar-refractivity contribution in [1.29, 1.82) is 0 Å². The molecule has 0 spiro atoms. The van der Waals surface area contributed by atoms with Crippen molar-refractivity contribution in [2.24, 2.45) is 0 Å². The van der Waals surface area contributed by atoms with Gasteiger partial charge in [0.15, 0.2) is 5.78 Å². The second-order valence-corrected chi connectivity index (χ2v) is 3.12. The summed E-state index contributed by atoms with van der Waals surface area (Å²) in [7, 11) is 0. The van der Waals surface area contributed by atoms with E-state index in [0.717, 1.165) is 6.07 Å². The lowest BCUT2D eigenvalue weighted by atomic mass is 10.1. The summed E-state index contributed by atoms with van der Waals surface area (Å²) >= 11 is 5.54. The maximum atomic E-state index is 13.2. The van der Waals surface area contributed by atoms with Crippen LogP contribution in [0.3, 0.4) is 0 Å². The van der Waals surface area contributed by atoms with Crippen LogP contribution >= 0.6 is 11.6 Å². The monoisotopic (exact) mass is 216 g/mol. The summed E-state index contributed by atoms with van der Waals surface area (Å²) in [4.78, 5) is 11.3. The van der Waals surface area contributed by atoms with E-state index in [1.54, 1.807) is 6.92 Å². The van der Waals surface area contributed by atoms with E-state index in [1.807, 2.05) is 0 Å². The van der Waals surface area contributed by atoms with E-state index in [0.29, 0.717) is 6.61 Å². The van der Waals surface area contributed by atoms with Crippen LogP contribution in [0.5, 0.6) is 0 Å². The topological polar surface area (TPSA) is 26.3 Å². The van der Waals surface area contributed by atoms with Gasteiger partial charge in [0, 0.05) is 11.6 Å². The second kappa shape index (κ2) is 5.08. The van der Waals surface area contributed by atoms with Crippen molar-refractivity contribution in [1.82, 2.24) is 0 Å². The van der Waals surface area contributed by atoms with E-state index in [1.165, 1.54) is 12.1 Å². The first-order valence-electron chi connectivity index (χ1n) is 4.21. The van der Waals surface area contributed by atoms with E-state index >= 15 is 0 Å². The van der Waals surface area contributed by atoms with Crippen LogP contribution in [0.25, 0.3) is 0 Å². The number of Topliss-reactive ketones (excluding diaryl/α,β-unsaturated/α-hetero) is 1. The number of ketones is 1. The minimum absolute atomic E-state index is 0.0165. The lowest BCUT2D eigenvalue weighted by molar-refractivity contribution is 0.0779. The van der Waals surface area contributed by atoms with Gasteiger partial charge in [-0.3, -0.25) is 4.79 Å². The molecule has 1 rings (SSSR count). The van der Waals surface area contributed by atoms with Gasteiger partial charge in [-0.25, -0.2) is 4.39 Å². The van der Waals surface area contributed by atoms with Gasteiger partial charge < -0.3 is 4.74 Å². The Morgan fingerprint density at radius 2 is 2.29 bits per heavy atom. The number of halogens is 2. The molecule has 0 aliphatic carbocycles. The van der Waals surface area contributed by atoms with Crippen LogP contribution in [-0.4, -0.2) is 19.0 Å². The molecular formula is C10H10ClFO2. The fraction of sp³-hybridized carbons (Fsp3) is 0.300. The summed E-state index contributed by atoms with van der Waals surface area (Å²) in [6, 6.07) is 3.95. The maximum absolute atomic E-state index is 13.2. The number of carbonyl (C=O) groups excluding carboxylic acids is 1. The maximum Gasteiger partial charge on any atom is 0.191 e. The van der Waals surface area contributed by atoms with Gasteiger partial charge in [0.25, 0.3) is 0 Å². The Bertz CT molecular complexity index is 339. The van der Waals surface area contributed by atoms with Crippen molar-refractivity contribution in [3.05, 3.63) is 34.6 Å². The van der Waals surface area contributed by atoms with E-state index in [-0.39, 0.29) is 23.0 Å². The SMILES string of the molecule is CCOCC(=O)c1ccc(Cl)cc1F. The van der Waals surface area contributed by atoms with Crippen LogP contribution in [0, 0.1) is 5.82 Å². The molecule has 4 heteroatoms. The largest absolute Gasteiger partial charge is 0.374 e. The molecule has 0 amide bonds. The molecule has 0 aromatic heterocycles. The Labute approximate surface area is 86.6 Å². The number of rotatable bonds is 4. The molecule has 0 bridgehead atoms. The highest BCUT2D eigenvalue weighted by Gasteiger charge is 2.11. The third-order valence-electron chi connectivity index (χ3n) is 1.67. The Morgan fingerprint density at radius 3 is 2.86 bits per heavy atom. The molecule has 1 aromatic carbocycles. The molecule has 0 saturated carbocycles. The summed E-state index contributed by atoms with van der Waals surface area (Å²) in [5.41, 5.74) is 0.0165. The quantitative estimate of drug-likeness (QED) is 0.724. The van der Waals surface area contributed by atoms with Gasteiger partial charge in [0.1, 0.15) is 12.4 Å². The van der Waals surface area contributed by atoms with E-state index in [2.05, 4.69) is 0 Å². The van der Waals surface area contributed by atoms with Gasteiger partial charge in [-0.1, -0.05) is 11.6 Å². The molecule has 0 aliphatic rings. The molecule has 0 saturated heterocycles. The summed E-state index contributed by atoms with van der Waals surface area (Å²) in [5, 5.41) is 0.274. The molecule has 14 heavy (non-hydrogen) atoms. The van der Waals surface area contributed by atoms with Gasteiger partial charge in [-0.2, -0.15) is 0 Å². The van der Waals surface area contributed by atoms with Crippen molar-refractivity contribution in [3.8, 4) is 0 Å². The molecule has 1 aromatic rings. The predicted octanol–water partition coefficient (Wildman–Crippen LogP) is 2.70. The highest BCUT2D eigenvalue weighted by molar-refractivity contribution is 6.30. The van der Waals surface area contributed by atoms with Crippen molar-refractivity contribution in [2.45, 2.75) is 6.92 Å². The third kappa shape index (κ3) is 2.79. The molecule has 0 fully saturated rings. The van der Waals surface area contributed by atoms with Gasteiger partial charge in [0.2, 0.25) is 0 Å². The molecule has 0 aliphatic heterocycles. The van der Waals surface area contributed by atoms with Crippen LogP contribution in [0.15, 0.2) is 18.2 Å². The highest BCUT2D eigenvalue weighted by Crippen LogP contribution is 2.15. The molecule has 0 heterocycles. The molecular weight excluding hydrogens is 207 g/mol. The third-order valence-corrected chi connectivity index (χ3v) is 1.90. The standard InChI is InChI=1S/C10H10ClFO2/c1-2-14-6-10(13)8-4-3-7(11)5-9(8)12/h3-5H,2,6H2,1H3. The first-order chi connectivity index (χ1) is 6.65. The Morgan fingerprint density at radius 1 is 1.57 bits per heavy atom. The minimum Gasteiger partial charge on any atom is -0.374 e. The van der Waals surface area contributed by atoms with Gasteiger partial charge in [-0.05, 0) is 25.1 Å². The molecule has 2 nitrogen and oxygen atoms in total. The smallest absolute Gasteiger partial charge is 0.191 e. The average Bonchev–Trinajstić information content (AvgIpc) is 2.14. The number of carbonyl (C=O) groups is 1. The van der Waals surface area contributed by atoms with Gasteiger partial charge >= 0.3 is 0 Å². The number of hydrogen-bond donors (Lipinski definition) is 0. The zero-order valence-electron chi connectivity index (χ0n) is 7.72. The van der Waals surface area contributed by atoms with Crippen LogP contribution in [0.1, 0.15) is 17.3 Å². The number of benzene rings is 1. The minimum atomic E-state index is -0.609. The normalized spacial score (nSPS) is 10.2. The summed E-state index contributed by atoms with van der Waals surface area (Å²) in [6.07, 6.45) is 0. The fourth-order valence-electron chi connectivity index (χ4n) is 0.988. The Hall–Kier alpha value is -0.930. The Kier molecular flexibility index (Phi) is 4.04. The van der Waals surface area contributed by atoms with Crippen LogP contribution in [0.4, 0.5) is 4.39 Å².